The van der Waals surface area contributed by atoms with Gasteiger partial charge in [-0.2, -0.15) is 4.31 Å². The Morgan fingerprint density at radius 3 is 2.45 bits per heavy atom. The van der Waals surface area contributed by atoms with Crippen LogP contribution in [0.15, 0.2) is 29.2 Å². The summed E-state index contributed by atoms with van der Waals surface area (Å²) in [7, 11) is -3.43. The topological polar surface area (TPSA) is 57.6 Å². The van der Waals surface area contributed by atoms with Crippen molar-refractivity contribution in [2.45, 2.75) is 50.0 Å². The van der Waals surface area contributed by atoms with Gasteiger partial charge < -0.3 is 5.11 Å². The minimum atomic E-state index is -3.43. The first-order valence-electron chi connectivity index (χ1n) is 7.34. The van der Waals surface area contributed by atoms with E-state index in [1.54, 1.807) is 28.6 Å². The number of aliphatic hydroxyl groups is 1. The standard InChI is InChI=1S/C15H23NO3S/c1-2-15(17)13-8-7-9-14(12-13)20(18,19)16-10-5-3-4-6-11-16/h7-9,12,15,17H,2-6,10-11H2,1H3. The fraction of sp³-hybridized carbons (Fsp3) is 0.600. The molecule has 1 atom stereocenters. The van der Waals surface area contributed by atoms with Crippen LogP contribution in [0, 0.1) is 0 Å². The normalized spacial score (nSPS) is 19.5. The van der Waals surface area contributed by atoms with E-state index in [1.807, 2.05) is 6.92 Å². The van der Waals surface area contributed by atoms with E-state index in [1.165, 1.54) is 0 Å². The number of sulfonamides is 1. The van der Waals surface area contributed by atoms with E-state index < -0.39 is 16.1 Å². The Morgan fingerprint density at radius 1 is 1.20 bits per heavy atom. The third kappa shape index (κ3) is 3.40. The lowest BCUT2D eigenvalue weighted by Crippen LogP contribution is -2.32. The van der Waals surface area contributed by atoms with Crippen molar-refractivity contribution in [3.63, 3.8) is 0 Å². The highest BCUT2D eigenvalue weighted by atomic mass is 32.2. The van der Waals surface area contributed by atoms with E-state index in [0.717, 1.165) is 25.7 Å². The average Bonchev–Trinajstić information content (AvgIpc) is 2.76. The lowest BCUT2D eigenvalue weighted by Gasteiger charge is -2.20. The predicted octanol–water partition coefficient (Wildman–Crippen LogP) is 2.69. The molecule has 4 nitrogen and oxygen atoms in total. The third-order valence-electron chi connectivity index (χ3n) is 3.83. The average molecular weight is 297 g/mol. The zero-order valence-corrected chi connectivity index (χ0v) is 12.8. The Balaban J connectivity index is 2.28. The molecule has 112 valence electrons. The first-order chi connectivity index (χ1) is 9.55. The zero-order chi connectivity index (χ0) is 14.6. The molecule has 1 aromatic rings. The van der Waals surface area contributed by atoms with Crippen molar-refractivity contribution in [3.8, 4) is 0 Å². The third-order valence-corrected chi connectivity index (χ3v) is 5.73. The van der Waals surface area contributed by atoms with Crippen molar-refractivity contribution in [3.05, 3.63) is 29.8 Å². The molecule has 1 N–H and O–H groups in total. The number of aliphatic hydroxyl groups excluding tert-OH is 1. The first-order valence-corrected chi connectivity index (χ1v) is 8.78. The molecule has 0 bridgehead atoms. The van der Waals surface area contributed by atoms with Crippen LogP contribution in [0.3, 0.4) is 0 Å². The fourth-order valence-corrected chi connectivity index (χ4v) is 4.12. The Labute approximate surface area is 121 Å². The Kier molecular flexibility index (Phi) is 5.18. The van der Waals surface area contributed by atoms with Gasteiger partial charge in [0.25, 0.3) is 0 Å². The van der Waals surface area contributed by atoms with E-state index in [9.17, 15) is 13.5 Å². The van der Waals surface area contributed by atoms with Gasteiger partial charge in [-0.05, 0) is 37.0 Å². The molecule has 1 heterocycles. The van der Waals surface area contributed by atoms with Crippen molar-refractivity contribution in [1.82, 2.24) is 4.31 Å². The second-order valence-electron chi connectivity index (χ2n) is 5.31. The molecule has 2 rings (SSSR count). The predicted molar refractivity (Wildman–Crippen MR) is 78.9 cm³/mol. The monoisotopic (exact) mass is 297 g/mol. The number of hydrogen-bond donors (Lipinski definition) is 1. The van der Waals surface area contributed by atoms with Gasteiger partial charge in [-0.25, -0.2) is 8.42 Å². The van der Waals surface area contributed by atoms with E-state index in [4.69, 9.17) is 0 Å². The number of nitrogens with zero attached hydrogens (tertiary/aromatic N) is 1. The van der Waals surface area contributed by atoms with Gasteiger partial charge in [-0.1, -0.05) is 31.9 Å². The van der Waals surface area contributed by atoms with Gasteiger partial charge in [0.2, 0.25) is 10.0 Å². The molecule has 1 aliphatic heterocycles. The maximum absolute atomic E-state index is 12.6. The smallest absolute Gasteiger partial charge is 0.243 e. The second kappa shape index (κ2) is 6.70. The highest BCUT2D eigenvalue weighted by molar-refractivity contribution is 7.89. The van der Waals surface area contributed by atoms with Crippen LogP contribution in [0.2, 0.25) is 0 Å². The van der Waals surface area contributed by atoms with Crippen LogP contribution in [-0.4, -0.2) is 30.9 Å². The van der Waals surface area contributed by atoms with E-state index in [0.29, 0.717) is 30.0 Å². The van der Waals surface area contributed by atoms with Crippen LogP contribution in [0.4, 0.5) is 0 Å². The summed E-state index contributed by atoms with van der Waals surface area (Å²) in [4.78, 5) is 0.296. The fourth-order valence-electron chi connectivity index (χ4n) is 2.55. The SMILES string of the molecule is CCC(O)c1cccc(S(=O)(=O)N2CCCCCC2)c1. The Morgan fingerprint density at radius 2 is 1.85 bits per heavy atom. The molecule has 5 heteroatoms. The van der Waals surface area contributed by atoms with Gasteiger partial charge in [0.15, 0.2) is 0 Å². The highest BCUT2D eigenvalue weighted by Gasteiger charge is 2.25. The zero-order valence-electron chi connectivity index (χ0n) is 12.0. The van der Waals surface area contributed by atoms with Gasteiger partial charge in [0.1, 0.15) is 0 Å². The molecule has 1 aliphatic rings. The summed E-state index contributed by atoms with van der Waals surface area (Å²) in [6.07, 6.45) is 4.02. The highest BCUT2D eigenvalue weighted by Crippen LogP contribution is 2.24. The summed E-state index contributed by atoms with van der Waals surface area (Å²) in [5, 5.41) is 9.87. The summed E-state index contributed by atoms with van der Waals surface area (Å²) in [5.41, 5.74) is 0.670. The van der Waals surface area contributed by atoms with Gasteiger partial charge in [-0.15, -0.1) is 0 Å². The Bertz CT molecular complexity index is 534. The van der Waals surface area contributed by atoms with E-state index in [-0.39, 0.29) is 0 Å². The molecule has 1 saturated heterocycles. The summed E-state index contributed by atoms with van der Waals surface area (Å²) in [5.74, 6) is 0. The number of hydrogen-bond acceptors (Lipinski definition) is 3. The maximum Gasteiger partial charge on any atom is 0.243 e. The van der Waals surface area contributed by atoms with Crippen molar-refractivity contribution in [1.29, 1.82) is 0 Å². The molecular formula is C15H23NO3S. The van der Waals surface area contributed by atoms with Gasteiger partial charge >= 0.3 is 0 Å². The largest absolute Gasteiger partial charge is 0.388 e. The summed E-state index contributed by atoms with van der Waals surface area (Å²) >= 11 is 0. The molecular weight excluding hydrogens is 274 g/mol. The molecule has 0 saturated carbocycles. The summed E-state index contributed by atoms with van der Waals surface area (Å²) in [6.45, 7) is 3.08. The van der Waals surface area contributed by atoms with E-state index >= 15 is 0 Å². The minimum Gasteiger partial charge on any atom is -0.388 e. The first kappa shape index (κ1) is 15.5. The van der Waals surface area contributed by atoms with Crippen LogP contribution >= 0.6 is 0 Å². The molecule has 0 radical (unpaired) electrons. The van der Waals surface area contributed by atoms with Crippen molar-refractivity contribution in [2.24, 2.45) is 0 Å². The van der Waals surface area contributed by atoms with Crippen LogP contribution in [0.5, 0.6) is 0 Å². The van der Waals surface area contributed by atoms with Crippen LogP contribution in [0.25, 0.3) is 0 Å². The second-order valence-corrected chi connectivity index (χ2v) is 7.25. The summed E-state index contributed by atoms with van der Waals surface area (Å²) < 4.78 is 26.9. The lowest BCUT2D eigenvalue weighted by molar-refractivity contribution is 0.173. The molecule has 20 heavy (non-hydrogen) atoms. The van der Waals surface area contributed by atoms with Crippen molar-refractivity contribution < 1.29 is 13.5 Å². The number of benzene rings is 1. The van der Waals surface area contributed by atoms with Gasteiger partial charge in [-0.3, -0.25) is 0 Å². The van der Waals surface area contributed by atoms with Crippen LogP contribution in [0.1, 0.15) is 50.7 Å². The van der Waals surface area contributed by atoms with Crippen LogP contribution < -0.4 is 0 Å². The molecule has 0 aromatic heterocycles. The van der Waals surface area contributed by atoms with E-state index in [2.05, 4.69) is 0 Å². The maximum atomic E-state index is 12.6. The summed E-state index contributed by atoms with van der Waals surface area (Å²) in [6, 6.07) is 6.70. The molecule has 0 amide bonds. The van der Waals surface area contributed by atoms with Crippen molar-refractivity contribution >= 4 is 10.0 Å². The minimum absolute atomic E-state index is 0.296. The molecule has 1 fully saturated rings. The lowest BCUT2D eigenvalue weighted by atomic mass is 10.1. The molecule has 1 aromatic carbocycles. The molecule has 0 aliphatic carbocycles. The van der Waals surface area contributed by atoms with Crippen LogP contribution in [-0.2, 0) is 10.0 Å². The molecule has 1 unspecified atom stereocenters. The Hall–Kier alpha value is -0.910. The quantitative estimate of drug-likeness (QED) is 0.929. The van der Waals surface area contributed by atoms with Crippen molar-refractivity contribution in [2.75, 3.05) is 13.1 Å². The number of rotatable bonds is 4. The van der Waals surface area contributed by atoms with Gasteiger partial charge in [0, 0.05) is 13.1 Å². The van der Waals surface area contributed by atoms with Gasteiger partial charge in [0.05, 0.1) is 11.0 Å². The molecule has 0 spiro atoms.